The van der Waals surface area contributed by atoms with E-state index in [0.717, 1.165) is 39.1 Å². The fraction of sp³-hybridized carbons (Fsp3) is 0.941. The Hall–Kier alpha value is -0.610. The highest BCUT2D eigenvalue weighted by atomic mass is 16.5. The highest BCUT2D eigenvalue weighted by Gasteiger charge is 2.24. The quantitative estimate of drug-likeness (QED) is 0.819. The van der Waals surface area contributed by atoms with Crippen LogP contribution in [0.25, 0.3) is 0 Å². The van der Waals surface area contributed by atoms with Crippen LogP contribution in [0.5, 0.6) is 0 Å². The van der Waals surface area contributed by atoms with Gasteiger partial charge in [0.25, 0.3) is 0 Å². The Morgan fingerprint density at radius 2 is 2.00 bits per heavy atom. The maximum absolute atomic E-state index is 12.6. The lowest BCUT2D eigenvalue weighted by atomic mass is 9.96. The SMILES string of the molecule is CC(C)N(CC1CCNCC1)C(=O)CCC1CCCCO1. The zero-order chi connectivity index (χ0) is 15.1. The van der Waals surface area contributed by atoms with E-state index in [1.54, 1.807) is 0 Å². The number of carbonyl (C=O) groups is 1. The molecule has 4 heteroatoms. The molecule has 0 spiro atoms. The summed E-state index contributed by atoms with van der Waals surface area (Å²) in [6.45, 7) is 8.28. The van der Waals surface area contributed by atoms with Gasteiger partial charge in [0.05, 0.1) is 6.10 Å². The molecule has 0 aromatic rings. The summed E-state index contributed by atoms with van der Waals surface area (Å²) in [6, 6.07) is 0.305. The van der Waals surface area contributed by atoms with Crippen molar-refractivity contribution in [1.29, 1.82) is 0 Å². The lowest BCUT2D eigenvalue weighted by Crippen LogP contribution is -2.43. The van der Waals surface area contributed by atoms with Gasteiger partial charge in [-0.25, -0.2) is 0 Å². The molecular formula is C17H32N2O2. The van der Waals surface area contributed by atoms with Crippen molar-refractivity contribution in [1.82, 2.24) is 10.2 Å². The van der Waals surface area contributed by atoms with Crippen molar-refractivity contribution < 1.29 is 9.53 Å². The summed E-state index contributed by atoms with van der Waals surface area (Å²) in [6.07, 6.45) is 7.81. The molecule has 122 valence electrons. The van der Waals surface area contributed by atoms with Crippen LogP contribution < -0.4 is 5.32 Å². The fourth-order valence-electron chi connectivity index (χ4n) is 3.41. The molecule has 0 bridgehead atoms. The summed E-state index contributed by atoms with van der Waals surface area (Å²) in [5.74, 6) is 0.987. The minimum atomic E-state index is 0.305. The van der Waals surface area contributed by atoms with Crippen molar-refractivity contribution >= 4 is 5.91 Å². The van der Waals surface area contributed by atoms with E-state index < -0.39 is 0 Å². The lowest BCUT2D eigenvalue weighted by Gasteiger charge is -2.33. The highest BCUT2D eigenvalue weighted by molar-refractivity contribution is 5.76. The molecule has 0 radical (unpaired) electrons. The van der Waals surface area contributed by atoms with Crippen LogP contribution in [0.3, 0.4) is 0 Å². The maximum atomic E-state index is 12.6. The Balaban J connectivity index is 1.77. The van der Waals surface area contributed by atoms with Crippen molar-refractivity contribution in [2.24, 2.45) is 5.92 Å². The summed E-state index contributed by atoms with van der Waals surface area (Å²) in [7, 11) is 0. The van der Waals surface area contributed by atoms with E-state index in [1.165, 1.54) is 25.7 Å². The average Bonchev–Trinajstić information content (AvgIpc) is 2.52. The van der Waals surface area contributed by atoms with E-state index in [4.69, 9.17) is 4.74 Å². The summed E-state index contributed by atoms with van der Waals surface area (Å²) in [5, 5.41) is 3.39. The first-order valence-corrected chi connectivity index (χ1v) is 8.78. The van der Waals surface area contributed by atoms with Crippen LogP contribution in [0.2, 0.25) is 0 Å². The molecule has 4 nitrogen and oxygen atoms in total. The fourth-order valence-corrected chi connectivity index (χ4v) is 3.41. The summed E-state index contributed by atoms with van der Waals surface area (Å²) >= 11 is 0. The molecule has 2 aliphatic rings. The van der Waals surface area contributed by atoms with E-state index in [2.05, 4.69) is 24.1 Å². The Morgan fingerprint density at radius 3 is 2.62 bits per heavy atom. The van der Waals surface area contributed by atoms with Gasteiger partial charge in [-0.2, -0.15) is 0 Å². The standard InChI is InChI=1S/C17H32N2O2/c1-14(2)19(13-15-8-10-18-11-9-15)17(20)7-6-16-5-3-4-12-21-16/h14-16,18H,3-13H2,1-2H3. The van der Waals surface area contributed by atoms with Crippen LogP contribution >= 0.6 is 0 Å². The normalized spacial score (nSPS) is 24.2. The first-order valence-electron chi connectivity index (χ1n) is 8.78. The minimum absolute atomic E-state index is 0.305. The predicted octanol–water partition coefficient (Wildman–Crippen LogP) is 2.57. The number of hydrogen-bond donors (Lipinski definition) is 1. The summed E-state index contributed by atoms with van der Waals surface area (Å²) in [4.78, 5) is 14.7. The second-order valence-corrected chi connectivity index (χ2v) is 6.86. The molecule has 1 N–H and O–H groups in total. The van der Waals surface area contributed by atoms with E-state index in [9.17, 15) is 4.79 Å². The number of nitrogens with one attached hydrogen (secondary N) is 1. The molecule has 2 saturated heterocycles. The number of ether oxygens (including phenoxy) is 1. The number of piperidine rings is 1. The molecule has 0 aliphatic carbocycles. The van der Waals surface area contributed by atoms with E-state index in [0.29, 0.717) is 30.4 Å². The second kappa shape index (κ2) is 8.74. The van der Waals surface area contributed by atoms with Gasteiger partial charge < -0.3 is 15.0 Å². The van der Waals surface area contributed by atoms with E-state index in [-0.39, 0.29) is 0 Å². The number of carbonyl (C=O) groups excluding carboxylic acids is 1. The Bertz CT molecular complexity index is 308. The molecule has 1 atom stereocenters. The van der Waals surface area contributed by atoms with Crippen LogP contribution in [0.15, 0.2) is 0 Å². The van der Waals surface area contributed by atoms with Gasteiger partial charge in [-0.3, -0.25) is 4.79 Å². The van der Waals surface area contributed by atoms with Crippen molar-refractivity contribution in [2.45, 2.75) is 70.9 Å². The number of hydrogen-bond acceptors (Lipinski definition) is 3. The van der Waals surface area contributed by atoms with Crippen molar-refractivity contribution in [3.8, 4) is 0 Å². The van der Waals surface area contributed by atoms with Gasteiger partial charge >= 0.3 is 0 Å². The van der Waals surface area contributed by atoms with Crippen LogP contribution in [0.4, 0.5) is 0 Å². The van der Waals surface area contributed by atoms with Gasteiger partial charge in [0, 0.05) is 25.6 Å². The molecule has 1 amide bonds. The van der Waals surface area contributed by atoms with Gasteiger partial charge in [-0.05, 0) is 71.4 Å². The largest absolute Gasteiger partial charge is 0.378 e. The van der Waals surface area contributed by atoms with Crippen LogP contribution in [0.1, 0.15) is 58.8 Å². The number of rotatable bonds is 6. The van der Waals surface area contributed by atoms with Crippen molar-refractivity contribution in [3.63, 3.8) is 0 Å². The zero-order valence-electron chi connectivity index (χ0n) is 13.8. The van der Waals surface area contributed by atoms with Crippen LogP contribution in [0, 0.1) is 5.92 Å². The highest BCUT2D eigenvalue weighted by Crippen LogP contribution is 2.20. The van der Waals surface area contributed by atoms with Crippen LogP contribution in [-0.4, -0.2) is 49.2 Å². The Labute approximate surface area is 129 Å². The monoisotopic (exact) mass is 296 g/mol. The predicted molar refractivity (Wildman–Crippen MR) is 85.3 cm³/mol. The second-order valence-electron chi connectivity index (χ2n) is 6.86. The molecule has 2 fully saturated rings. The number of amides is 1. The molecule has 2 rings (SSSR count). The topological polar surface area (TPSA) is 41.6 Å². The van der Waals surface area contributed by atoms with E-state index >= 15 is 0 Å². The molecule has 21 heavy (non-hydrogen) atoms. The first kappa shape index (κ1) is 16.8. The average molecular weight is 296 g/mol. The third kappa shape index (κ3) is 5.59. The lowest BCUT2D eigenvalue weighted by molar-refractivity contribution is -0.134. The Kier molecular flexibility index (Phi) is 6.97. The van der Waals surface area contributed by atoms with Gasteiger partial charge in [0.15, 0.2) is 0 Å². The number of nitrogens with zero attached hydrogens (tertiary/aromatic N) is 1. The maximum Gasteiger partial charge on any atom is 0.222 e. The first-order chi connectivity index (χ1) is 10.2. The molecule has 2 aliphatic heterocycles. The Morgan fingerprint density at radius 1 is 1.24 bits per heavy atom. The summed E-state index contributed by atoms with van der Waals surface area (Å²) in [5.41, 5.74) is 0. The summed E-state index contributed by atoms with van der Waals surface area (Å²) < 4.78 is 5.74. The molecule has 2 heterocycles. The smallest absolute Gasteiger partial charge is 0.222 e. The molecular weight excluding hydrogens is 264 g/mol. The molecule has 0 saturated carbocycles. The molecule has 1 unspecified atom stereocenters. The third-order valence-electron chi connectivity index (χ3n) is 4.81. The van der Waals surface area contributed by atoms with Gasteiger partial charge in [-0.15, -0.1) is 0 Å². The third-order valence-corrected chi connectivity index (χ3v) is 4.81. The van der Waals surface area contributed by atoms with Crippen LogP contribution in [-0.2, 0) is 9.53 Å². The van der Waals surface area contributed by atoms with Crippen molar-refractivity contribution in [2.75, 3.05) is 26.2 Å². The minimum Gasteiger partial charge on any atom is -0.378 e. The van der Waals surface area contributed by atoms with Gasteiger partial charge in [0.1, 0.15) is 0 Å². The van der Waals surface area contributed by atoms with Crippen molar-refractivity contribution in [3.05, 3.63) is 0 Å². The van der Waals surface area contributed by atoms with E-state index in [1.807, 2.05) is 0 Å². The van der Waals surface area contributed by atoms with Gasteiger partial charge in [-0.1, -0.05) is 0 Å². The zero-order valence-corrected chi connectivity index (χ0v) is 13.8. The molecule has 0 aromatic carbocycles. The van der Waals surface area contributed by atoms with Gasteiger partial charge in [0.2, 0.25) is 5.91 Å². The molecule has 0 aromatic heterocycles.